The molecule has 0 aliphatic carbocycles. The first-order valence-electron chi connectivity index (χ1n) is 4.68. The average Bonchev–Trinajstić information content (AvgIpc) is 2.57. The summed E-state index contributed by atoms with van der Waals surface area (Å²) >= 11 is 0. The molecule has 0 aromatic carbocycles. The van der Waals surface area contributed by atoms with Gasteiger partial charge >= 0.3 is 0 Å². The van der Waals surface area contributed by atoms with Gasteiger partial charge in [0.25, 0.3) is 0 Å². The van der Waals surface area contributed by atoms with Crippen molar-refractivity contribution >= 4 is 0 Å². The molecule has 0 amide bonds. The van der Waals surface area contributed by atoms with Gasteiger partial charge in [0.05, 0.1) is 12.5 Å². The lowest BCUT2D eigenvalue weighted by molar-refractivity contribution is 0.404. The first-order valence-corrected chi connectivity index (χ1v) is 4.68. The Labute approximate surface area is 79.3 Å². The number of nitrogens with one attached hydrogen (secondary N) is 1. The summed E-state index contributed by atoms with van der Waals surface area (Å²) in [4.78, 5) is 0. The minimum Gasteiger partial charge on any atom is -0.472 e. The molecule has 3 N–H and O–H groups in total. The van der Waals surface area contributed by atoms with Crippen LogP contribution >= 0.6 is 0 Å². The van der Waals surface area contributed by atoms with E-state index in [0.717, 1.165) is 6.54 Å². The topological polar surface area (TPSA) is 51.2 Å². The van der Waals surface area contributed by atoms with Gasteiger partial charge in [-0.25, -0.2) is 0 Å². The molecule has 1 aromatic heterocycles. The van der Waals surface area contributed by atoms with E-state index in [2.05, 4.69) is 19.2 Å². The maximum absolute atomic E-state index is 5.63. The van der Waals surface area contributed by atoms with Gasteiger partial charge in [-0.1, -0.05) is 13.8 Å². The van der Waals surface area contributed by atoms with Crippen LogP contribution < -0.4 is 11.1 Å². The van der Waals surface area contributed by atoms with Crippen molar-refractivity contribution in [1.82, 2.24) is 5.32 Å². The fourth-order valence-electron chi connectivity index (χ4n) is 1.23. The number of hydrogen-bond donors (Lipinski definition) is 2. The summed E-state index contributed by atoms with van der Waals surface area (Å²) in [5, 5.41) is 3.39. The van der Waals surface area contributed by atoms with E-state index < -0.39 is 0 Å². The highest BCUT2D eigenvalue weighted by atomic mass is 16.3. The summed E-state index contributed by atoms with van der Waals surface area (Å²) < 4.78 is 4.97. The SMILES string of the molecule is CC(C)C(CN)NCc1ccoc1. The van der Waals surface area contributed by atoms with E-state index in [9.17, 15) is 0 Å². The zero-order valence-corrected chi connectivity index (χ0v) is 8.29. The zero-order chi connectivity index (χ0) is 9.68. The predicted octanol–water partition coefficient (Wildman–Crippen LogP) is 1.35. The molecule has 1 heterocycles. The molecule has 0 fully saturated rings. The monoisotopic (exact) mass is 182 g/mol. The van der Waals surface area contributed by atoms with Crippen LogP contribution in [0.25, 0.3) is 0 Å². The Hall–Kier alpha value is -0.800. The van der Waals surface area contributed by atoms with Crippen molar-refractivity contribution in [2.24, 2.45) is 11.7 Å². The lowest BCUT2D eigenvalue weighted by Gasteiger charge is -2.19. The standard InChI is InChI=1S/C10H18N2O/c1-8(2)10(5-11)12-6-9-3-4-13-7-9/h3-4,7-8,10,12H,5-6,11H2,1-2H3. The van der Waals surface area contributed by atoms with E-state index in [1.165, 1.54) is 5.56 Å². The summed E-state index contributed by atoms with van der Waals surface area (Å²) in [5.41, 5.74) is 6.79. The first kappa shape index (κ1) is 10.3. The number of hydrogen-bond acceptors (Lipinski definition) is 3. The molecule has 0 saturated heterocycles. The fourth-order valence-corrected chi connectivity index (χ4v) is 1.23. The highest BCUT2D eigenvalue weighted by Gasteiger charge is 2.09. The molecule has 1 unspecified atom stereocenters. The Morgan fingerprint density at radius 3 is 2.77 bits per heavy atom. The van der Waals surface area contributed by atoms with Gasteiger partial charge in [-0.3, -0.25) is 0 Å². The summed E-state index contributed by atoms with van der Waals surface area (Å²) in [6, 6.07) is 2.34. The Balaban J connectivity index is 2.32. The van der Waals surface area contributed by atoms with E-state index in [-0.39, 0.29) is 0 Å². The average molecular weight is 182 g/mol. The van der Waals surface area contributed by atoms with Crippen molar-refractivity contribution in [3.8, 4) is 0 Å². The van der Waals surface area contributed by atoms with Gasteiger partial charge in [0.1, 0.15) is 0 Å². The largest absolute Gasteiger partial charge is 0.472 e. The van der Waals surface area contributed by atoms with Crippen molar-refractivity contribution in [3.63, 3.8) is 0 Å². The van der Waals surface area contributed by atoms with Crippen LogP contribution in [0.4, 0.5) is 0 Å². The number of rotatable bonds is 5. The molecule has 0 saturated carbocycles. The van der Waals surface area contributed by atoms with Crippen LogP contribution in [0.3, 0.4) is 0 Å². The van der Waals surface area contributed by atoms with Gasteiger partial charge < -0.3 is 15.5 Å². The summed E-state index contributed by atoms with van der Waals surface area (Å²) in [6.45, 7) is 5.84. The zero-order valence-electron chi connectivity index (χ0n) is 8.29. The van der Waals surface area contributed by atoms with Crippen molar-refractivity contribution in [2.45, 2.75) is 26.4 Å². The highest BCUT2D eigenvalue weighted by molar-refractivity contribution is 5.04. The van der Waals surface area contributed by atoms with E-state index in [4.69, 9.17) is 10.2 Å². The van der Waals surface area contributed by atoms with Gasteiger partial charge in [0, 0.05) is 24.7 Å². The molecular weight excluding hydrogens is 164 g/mol. The van der Waals surface area contributed by atoms with Gasteiger partial charge in [-0.05, 0) is 12.0 Å². The minimum absolute atomic E-state index is 0.384. The molecule has 1 atom stereocenters. The van der Waals surface area contributed by atoms with Crippen LogP contribution in [0.5, 0.6) is 0 Å². The van der Waals surface area contributed by atoms with E-state index >= 15 is 0 Å². The molecule has 74 valence electrons. The lowest BCUT2D eigenvalue weighted by Crippen LogP contribution is -2.39. The second kappa shape index (κ2) is 5.04. The van der Waals surface area contributed by atoms with Gasteiger partial charge in [-0.15, -0.1) is 0 Å². The molecule has 1 rings (SSSR count). The van der Waals surface area contributed by atoms with Gasteiger partial charge in [0.15, 0.2) is 0 Å². The van der Waals surface area contributed by atoms with Crippen LogP contribution in [-0.4, -0.2) is 12.6 Å². The third-order valence-electron chi connectivity index (χ3n) is 2.21. The number of nitrogens with two attached hydrogens (primary N) is 1. The van der Waals surface area contributed by atoms with E-state index in [1.54, 1.807) is 12.5 Å². The van der Waals surface area contributed by atoms with Crippen molar-refractivity contribution in [3.05, 3.63) is 24.2 Å². The molecule has 3 heteroatoms. The van der Waals surface area contributed by atoms with Crippen LogP contribution in [0.15, 0.2) is 23.0 Å². The van der Waals surface area contributed by atoms with Crippen molar-refractivity contribution in [2.75, 3.05) is 6.54 Å². The smallest absolute Gasteiger partial charge is 0.0947 e. The molecule has 0 aliphatic heterocycles. The number of furan rings is 1. The van der Waals surface area contributed by atoms with Crippen LogP contribution in [0, 0.1) is 5.92 Å². The summed E-state index contributed by atoms with van der Waals surface area (Å²) in [5.74, 6) is 0.567. The lowest BCUT2D eigenvalue weighted by atomic mass is 10.0. The van der Waals surface area contributed by atoms with Crippen molar-refractivity contribution in [1.29, 1.82) is 0 Å². The third kappa shape index (κ3) is 3.20. The fraction of sp³-hybridized carbons (Fsp3) is 0.600. The second-order valence-corrected chi connectivity index (χ2v) is 3.60. The molecule has 1 aromatic rings. The summed E-state index contributed by atoms with van der Waals surface area (Å²) in [6.07, 6.45) is 3.44. The second-order valence-electron chi connectivity index (χ2n) is 3.60. The van der Waals surface area contributed by atoms with Crippen LogP contribution in [0.2, 0.25) is 0 Å². The first-order chi connectivity index (χ1) is 6.24. The molecule has 0 bridgehead atoms. The van der Waals surface area contributed by atoms with Crippen LogP contribution in [-0.2, 0) is 6.54 Å². The van der Waals surface area contributed by atoms with E-state index in [0.29, 0.717) is 18.5 Å². The molecule has 3 nitrogen and oxygen atoms in total. The predicted molar refractivity (Wildman–Crippen MR) is 53.2 cm³/mol. The molecule has 0 spiro atoms. The molecular formula is C10H18N2O. The summed E-state index contributed by atoms with van der Waals surface area (Å²) in [7, 11) is 0. The Morgan fingerprint density at radius 2 is 2.31 bits per heavy atom. The van der Waals surface area contributed by atoms with Crippen LogP contribution in [0.1, 0.15) is 19.4 Å². The minimum atomic E-state index is 0.384. The van der Waals surface area contributed by atoms with E-state index in [1.807, 2.05) is 6.07 Å². The Morgan fingerprint density at radius 1 is 1.54 bits per heavy atom. The molecule has 0 aliphatic rings. The normalized spacial score (nSPS) is 13.5. The highest BCUT2D eigenvalue weighted by Crippen LogP contribution is 2.03. The molecule has 13 heavy (non-hydrogen) atoms. The quantitative estimate of drug-likeness (QED) is 0.722. The third-order valence-corrected chi connectivity index (χ3v) is 2.21. The Kier molecular flexibility index (Phi) is 3.99. The maximum atomic E-state index is 5.63. The van der Waals surface area contributed by atoms with Gasteiger partial charge in [0.2, 0.25) is 0 Å². The Bertz CT molecular complexity index is 219. The van der Waals surface area contributed by atoms with Crippen molar-refractivity contribution < 1.29 is 4.42 Å². The van der Waals surface area contributed by atoms with Gasteiger partial charge in [-0.2, -0.15) is 0 Å². The molecule has 0 radical (unpaired) electrons. The maximum Gasteiger partial charge on any atom is 0.0947 e.